The molecular weight excluding hydrogens is 336 g/mol. The van der Waals surface area contributed by atoms with Gasteiger partial charge in [-0.25, -0.2) is 0 Å². The fourth-order valence-corrected chi connectivity index (χ4v) is 5.77. The van der Waals surface area contributed by atoms with Gasteiger partial charge in [0.2, 0.25) is 0 Å². The standard InChI is InChI=1S/C23H46N2O2/c1-9-22(26)16-20(5,6)24(8)21(7,17-22)11-10-19(4)23(27)12-14-25(15-13-23)18(2)3/h18-19,26-27H,9-17H2,1-8H3. The van der Waals surface area contributed by atoms with Gasteiger partial charge in [-0.15, -0.1) is 0 Å². The molecule has 3 unspecified atom stereocenters. The van der Waals surface area contributed by atoms with Crippen molar-refractivity contribution < 1.29 is 10.2 Å². The molecule has 0 amide bonds. The molecule has 160 valence electrons. The minimum Gasteiger partial charge on any atom is -0.390 e. The molecule has 0 aromatic heterocycles. The van der Waals surface area contributed by atoms with Crippen LogP contribution in [-0.4, -0.2) is 68.5 Å². The van der Waals surface area contributed by atoms with E-state index in [1.165, 1.54) is 0 Å². The van der Waals surface area contributed by atoms with Gasteiger partial charge in [-0.3, -0.25) is 4.90 Å². The third-order valence-corrected chi connectivity index (χ3v) is 8.27. The van der Waals surface area contributed by atoms with Crippen LogP contribution < -0.4 is 0 Å². The highest BCUT2D eigenvalue weighted by molar-refractivity contribution is 5.07. The zero-order valence-electron chi connectivity index (χ0n) is 19.3. The molecule has 2 heterocycles. The van der Waals surface area contributed by atoms with Crippen LogP contribution in [0.1, 0.15) is 93.4 Å². The summed E-state index contributed by atoms with van der Waals surface area (Å²) in [6.07, 6.45) is 6.24. The number of aliphatic hydroxyl groups is 2. The number of nitrogens with zero attached hydrogens (tertiary/aromatic N) is 2. The van der Waals surface area contributed by atoms with Crippen molar-refractivity contribution in [1.29, 1.82) is 0 Å². The molecule has 2 saturated heterocycles. The maximum atomic E-state index is 11.3. The quantitative estimate of drug-likeness (QED) is 0.728. The van der Waals surface area contributed by atoms with Crippen molar-refractivity contribution in [3.05, 3.63) is 0 Å². The summed E-state index contributed by atoms with van der Waals surface area (Å²) in [5, 5.41) is 22.4. The smallest absolute Gasteiger partial charge is 0.0697 e. The van der Waals surface area contributed by atoms with E-state index in [-0.39, 0.29) is 17.0 Å². The van der Waals surface area contributed by atoms with Crippen LogP contribution in [-0.2, 0) is 0 Å². The van der Waals surface area contributed by atoms with Crippen molar-refractivity contribution in [2.24, 2.45) is 5.92 Å². The van der Waals surface area contributed by atoms with Crippen LogP contribution in [0.3, 0.4) is 0 Å². The van der Waals surface area contributed by atoms with Crippen molar-refractivity contribution in [2.45, 2.75) is 122 Å². The molecule has 0 saturated carbocycles. The molecule has 2 rings (SSSR count). The van der Waals surface area contributed by atoms with E-state index in [9.17, 15) is 10.2 Å². The van der Waals surface area contributed by atoms with Crippen LogP contribution in [0, 0.1) is 5.92 Å². The van der Waals surface area contributed by atoms with Gasteiger partial charge < -0.3 is 15.1 Å². The minimum absolute atomic E-state index is 0.0134. The van der Waals surface area contributed by atoms with Gasteiger partial charge in [-0.05, 0) is 92.5 Å². The summed E-state index contributed by atoms with van der Waals surface area (Å²) in [4.78, 5) is 4.96. The Bertz CT molecular complexity index is 496. The highest BCUT2D eigenvalue weighted by atomic mass is 16.3. The first-order valence-corrected chi connectivity index (χ1v) is 11.2. The first-order chi connectivity index (χ1) is 12.3. The molecule has 4 heteroatoms. The van der Waals surface area contributed by atoms with Gasteiger partial charge in [-0.1, -0.05) is 13.8 Å². The van der Waals surface area contributed by atoms with Gasteiger partial charge in [-0.2, -0.15) is 0 Å². The Balaban J connectivity index is 2.03. The van der Waals surface area contributed by atoms with Gasteiger partial charge in [0.05, 0.1) is 11.2 Å². The molecule has 2 aliphatic heterocycles. The van der Waals surface area contributed by atoms with E-state index in [2.05, 4.69) is 65.3 Å². The fourth-order valence-electron chi connectivity index (χ4n) is 5.77. The molecule has 0 radical (unpaired) electrons. The summed E-state index contributed by atoms with van der Waals surface area (Å²) in [5.41, 5.74) is -1.16. The van der Waals surface area contributed by atoms with Gasteiger partial charge in [0, 0.05) is 30.2 Å². The molecule has 0 aliphatic carbocycles. The molecule has 2 fully saturated rings. The van der Waals surface area contributed by atoms with Crippen molar-refractivity contribution in [2.75, 3.05) is 20.1 Å². The molecule has 27 heavy (non-hydrogen) atoms. The van der Waals surface area contributed by atoms with Gasteiger partial charge in [0.25, 0.3) is 0 Å². The van der Waals surface area contributed by atoms with E-state index in [0.29, 0.717) is 6.04 Å². The normalized spacial score (nSPS) is 36.1. The van der Waals surface area contributed by atoms with Crippen LogP contribution >= 0.6 is 0 Å². The van der Waals surface area contributed by atoms with Crippen LogP contribution in [0.15, 0.2) is 0 Å². The van der Waals surface area contributed by atoms with Crippen molar-refractivity contribution in [1.82, 2.24) is 9.80 Å². The van der Waals surface area contributed by atoms with Gasteiger partial charge in [0.1, 0.15) is 0 Å². The topological polar surface area (TPSA) is 46.9 Å². The van der Waals surface area contributed by atoms with E-state index in [1.807, 2.05) is 0 Å². The SMILES string of the molecule is CCC1(O)CC(C)(C)N(C)C(C)(CCC(C)C2(O)CCN(C(C)C)CC2)C1. The zero-order valence-corrected chi connectivity index (χ0v) is 19.3. The maximum absolute atomic E-state index is 11.3. The number of hydrogen-bond donors (Lipinski definition) is 2. The lowest BCUT2D eigenvalue weighted by Crippen LogP contribution is -2.65. The first kappa shape index (κ1) is 23.1. The van der Waals surface area contributed by atoms with Crippen LogP contribution in [0.4, 0.5) is 0 Å². The Hall–Kier alpha value is -0.160. The molecule has 3 atom stereocenters. The predicted molar refractivity (Wildman–Crippen MR) is 114 cm³/mol. The van der Waals surface area contributed by atoms with Crippen molar-refractivity contribution in [3.63, 3.8) is 0 Å². The summed E-state index contributed by atoms with van der Waals surface area (Å²) in [6, 6.07) is 0.564. The third-order valence-electron chi connectivity index (χ3n) is 8.27. The number of likely N-dealkylation sites (tertiary alicyclic amines) is 2. The first-order valence-electron chi connectivity index (χ1n) is 11.2. The molecule has 2 aliphatic rings. The van der Waals surface area contributed by atoms with Crippen molar-refractivity contribution in [3.8, 4) is 0 Å². The average Bonchev–Trinajstić information content (AvgIpc) is 2.57. The summed E-state index contributed by atoms with van der Waals surface area (Å²) in [7, 11) is 2.22. The highest BCUT2D eigenvalue weighted by Crippen LogP contribution is 2.47. The second kappa shape index (κ2) is 7.93. The Morgan fingerprint density at radius 3 is 2.00 bits per heavy atom. The van der Waals surface area contributed by atoms with E-state index in [0.717, 1.165) is 58.0 Å². The molecule has 0 bridgehead atoms. The second-order valence-electron chi connectivity index (χ2n) is 11.0. The monoisotopic (exact) mass is 382 g/mol. The van der Waals surface area contributed by atoms with Crippen LogP contribution in [0.25, 0.3) is 0 Å². The van der Waals surface area contributed by atoms with Gasteiger partial charge in [0.15, 0.2) is 0 Å². The molecule has 0 aromatic rings. The summed E-state index contributed by atoms with van der Waals surface area (Å²) >= 11 is 0. The van der Waals surface area contributed by atoms with Crippen LogP contribution in [0.2, 0.25) is 0 Å². The molecule has 4 nitrogen and oxygen atoms in total. The minimum atomic E-state index is -0.576. The predicted octanol–water partition coefficient (Wildman–Crippen LogP) is 4.04. The van der Waals surface area contributed by atoms with Crippen LogP contribution in [0.5, 0.6) is 0 Å². The summed E-state index contributed by atoms with van der Waals surface area (Å²) in [5.74, 6) is 0.289. The lowest BCUT2D eigenvalue weighted by Gasteiger charge is -2.58. The number of rotatable bonds is 6. The maximum Gasteiger partial charge on any atom is 0.0697 e. The molecule has 0 spiro atoms. The van der Waals surface area contributed by atoms with E-state index in [1.54, 1.807) is 0 Å². The summed E-state index contributed by atoms with van der Waals surface area (Å²) in [6.45, 7) is 17.6. The number of piperidine rings is 2. The van der Waals surface area contributed by atoms with Gasteiger partial charge >= 0.3 is 0 Å². The Morgan fingerprint density at radius 2 is 1.52 bits per heavy atom. The summed E-state index contributed by atoms with van der Waals surface area (Å²) < 4.78 is 0. The van der Waals surface area contributed by atoms with E-state index >= 15 is 0 Å². The molecule has 2 N–H and O–H groups in total. The third kappa shape index (κ3) is 4.88. The zero-order chi connectivity index (χ0) is 20.7. The molecule has 0 aromatic carbocycles. The number of hydrogen-bond acceptors (Lipinski definition) is 4. The Kier molecular flexibility index (Phi) is 6.79. The van der Waals surface area contributed by atoms with Crippen molar-refractivity contribution >= 4 is 0 Å². The van der Waals surface area contributed by atoms with E-state index in [4.69, 9.17) is 0 Å². The lowest BCUT2D eigenvalue weighted by molar-refractivity contribution is -0.138. The van der Waals surface area contributed by atoms with E-state index < -0.39 is 11.2 Å². The second-order valence-corrected chi connectivity index (χ2v) is 11.0. The average molecular weight is 383 g/mol. The Labute approximate surface area is 168 Å². The lowest BCUT2D eigenvalue weighted by atomic mass is 9.67. The Morgan fingerprint density at radius 1 is 0.963 bits per heavy atom. The fraction of sp³-hybridized carbons (Fsp3) is 1.00. The highest BCUT2D eigenvalue weighted by Gasteiger charge is 2.51. The largest absolute Gasteiger partial charge is 0.390 e. The molecular formula is C23H46N2O2.